The van der Waals surface area contributed by atoms with Gasteiger partial charge < -0.3 is 16.0 Å². The number of benzene rings is 1. The van der Waals surface area contributed by atoms with E-state index < -0.39 is 0 Å². The number of halogens is 1. The fraction of sp³-hybridized carbons (Fsp3) is 0.182. The number of nitrogens with zero attached hydrogens (tertiary/aromatic N) is 1. The third-order valence-corrected chi connectivity index (χ3v) is 2.32. The number of nitrogen functional groups attached to an aromatic ring is 1. The van der Waals surface area contributed by atoms with Gasteiger partial charge in [-0.25, -0.2) is 9.37 Å². The van der Waals surface area contributed by atoms with Crippen LogP contribution < -0.4 is 11.1 Å². The zero-order chi connectivity index (χ0) is 11.5. The van der Waals surface area contributed by atoms with Crippen LogP contribution in [0, 0.1) is 5.82 Å². The molecule has 4 N–H and O–H groups in total. The quantitative estimate of drug-likeness (QED) is 0.695. The van der Waals surface area contributed by atoms with Crippen molar-refractivity contribution in [2.24, 2.45) is 0 Å². The summed E-state index contributed by atoms with van der Waals surface area (Å²) in [7, 11) is 0. The molecule has 0 saturated heterocycles. The van der Waals surface area contributed by atoms with Gasteiger partial charge in [0.15, 0.2) is 0 Å². The molecule has 0 aliphatic rings. The van der Waals surface area contributed by atoms with E-state index in [2.05, 4.69) is 15.3 Å². The highest BCUT2D eigenvalue weighted by atomic mass is 19.1. The first-order valence-electron chi connectivity index (χ1n) is 4.97. The molecule has 16 heavy (non-hydrogen) atoms. The van der Waals surface area contributed by atoms with Crippen LogP contribution in [0.1, 0.15) is 18.8 Å². The number of nitrogens with one attached hydrogen (secondary N) is 2. The minimum Gasteiger partial charge on any atom is -0.397 e. The molecule has 0 bridgehead atoms. The second-order valence-electron chi connectivity index (χ2n) is 3.57. The van der Waals surface area contributed by atoms with Gasteiger partial charge in [-0.2, -0.15) is 0 Å². The minimum absolute atomic E-state index is 0.0113. The largest absolute Gasteiger partial charge is 0.397 e. The van der Waals surface area contributed by atoms with Crippen LogP contribution in [0.5, 0.6) is 0 Å². The standard InChI is InChI=1S/C11H13FN4/c1-7(11-14-4-5-15-11)16-10-3-2-8(12)6-9(10)13/h2-7,16H,13H2,1H3,(H,14,15). The lowest BCUT2D eigenvalue weighted by Gasteiger charge is -2.14. The van der Waals surface area contributed by atoms with Crippen molar-refractivity contribution in [1.29, 1.82) is 0 Å². The van der Waals surface area contributed by atoms with E-state index in [1.807, 2.05) is 6.92 Å². The Morgan fingerprint density at radius 1 is 1.50 bits per heavy atom. The number of hydrogen-bond acceptors (Lipinski definition) is 3. The molecule has 0 aliphatic heterocycles. The number of H-pyrrole nitrogens is 1. The van der Waals surface area contributed by atoms with Gasteiger partial charge in [0.2, 0.25) is 0 Å². The highest BCUT2D eigenvalue weighted by Gasteiger charge is 2.09. The fourth-order valence-electron chi connectivity index (χ4n) is 1.48. The summed E-state index contributed by atoms with van der Waals surface area (Å²) < 4.78 is 12.8. The zero-order valence-corrected chi connectivity index (χ0v) is 8.87. The summed E-state index contributed by atoms with van der Waals surface area (Å²) in [5, 5.41) is 3.15. The van der Waals surface area contributed by atoms with Crippen molar-refractivity contribution in [2.75, 3.05) is 11.1 Å². The maximum atomic E-state index is 12.8. The van der Waals surface area contributed by atoms with Gasteiger partial charge in [0, 0.05) is 12.4 Å². The lowest BCUT2D eigenvalue weighted by molar-refractivity contribution is 0.628. The number of anilines is 2. The molecule has 84 valence electrons. The molecule has 0 aliphatic carbocycles. The van der Waals surface area contributed by atoms with Crippen molar-refractivity contribution in [3.8, 4) is 0 Å². The molecule has 2 aromatic rings. The SMILES string of the molecule is CC(Nc1ccc(F)cc1N)c1ncc[nH]1. The molecule has 1 unspecified atom stereocenters. The molecule has 0 radical (unpaired) electrons. The third kappa shape index (κ3) is 2.13. The molecule has 4 nitrogen and oxygen atoms in total. The molecule has 2 rings (SSSR count). The van der Waals surface area contributed by atoms with Crippen LogP contribution in [-0.4, -0.2) is 9.97 Å². The van der Waals surface area contributed by atoms with Crippen molar-refractivity contribution in [1.82, 2.24) is 9.97 Å². The van der Waals surface area contributed by atoms with Gasteiger partial charge >= 0.3 is 0 Å². The summed E-state index contributed by atoms with van der Waals surface area (Å²) in [5.74, 6) is 0.470. The first kappa shape index (κ1) is 10.5. The molecule has 5 heteroatoms. The molecule has 0 spiro atoms. The number of rotatable bonds is 3. The predicted molar refractivity (Wildman–Crippen MR) is 61.4 cm³/mol. The molecule has 1 aromatic carbocycles. The summed E-state index contributed by atoms with van der Waals surface area (Å²) in [6.07, 6.45) is 3.43. The number of hydrogen-bond donors (Lipinski definition) is 3. The molecule has 0 fully saturated rings. The minimum atomic E-state index is -0.339. The van der Waals surface area contributed by atoms with Crippen LogP contribution in [0.25, 0.3) is 0 Å². The Kier molecular flexibility index (Phi) is 2.76. The Bertz CT molecular complexity index is 467. The van der Waals surface area contributed by atoms with Gasteiger partial charge in [-0.15, -0.1) is 0 Å². The van der Waals surface area contributed by atoms with Gasteiger partial charge in [-0.05, 0) is 25.1 Å². The maximum absolute atomic E-state index is 12.8. The second-order valence-corrected chi connectivity index (χ2v) is 3.57. The molecule has 1 heterocycles. The van der Waals surface area contributed by atoms with E-state index in [0.29, 0.717) is 11.4 Å². The van der Waals surface area contributed by atoms with E-state index in [1.165, 1.54) is 12.1 Å². The smallest absolute Gasteiger partial charge is 0.128 e. The van der Waals surface area contributed by atoms with E-state index in [-0.39, 0.29) is 11.9 Å². The Balaban J connectivity index is 2.15. The van der Waals surface area contributed by atoms with E-state index >= 15 is 0 Å². The topological polar surface area (TPSA) is 66.7 Å². The highest BCUT2D eigenvalue weighted by molar-refractivity contribution is 5.66. The van der Waals surface area contributed by atoms with Crippen LogP contribution in [0.4, 0.5) is 15.8 Å². The highest BCUT2D eigenvalue weighted by Crippen LogP contribution is 2.23. The van der Waals surface area contributed by atoms with Crippen molar-refractivity contribution in [2.45, 2.75) is 13.0 Å². The number of nitrogens with two attached hydrogens (primary N) is 1. The Morgan fingerprint density at radius 3 is 2.94 bits per heavy atom. The average Bonchev–Trinajstić information content (AvgIpc) is 2.75. The van der Waals surface area contributed by atoms with Gasteiger partial charge in [0.1, 0.15) is 11.6 Å². The first-order valence-corrected chi connectivity index (χ1v) is 4.97. The summed E-state index contributed by atoms with van der Waals surface area (Å²) in [5.41, 5.74) is 6.78. The van der Waals surface area contributed by atoms with Crippen molar-refractivity contribution >= 4 is 11.4 Å². The summed E-state index contributed by atoms with van der Waals surface area (Å²) in [6, 6.07) is 4.26. The third-order valence-electron chi connectivity index (χ3n) is 2.32. The van der Waals surface area contributed by atoms with Crippen LogP contribution in [0.3, 0.4) is 0 Å². The van der Waals surface area contributed by atoms with Gasteiger partial charge in [0.25, 0.3) is 0 Å². The predicted octanol–water partition coefficient (Wildman–Crippen LogP) is 2.30. The molecular weight excluding hydrogens is 207 g/mol. The van der Waals surface area contributed by atoms with Crippen LogP contribution in [0.15, 0.2) is 30.6 Å². The van der Waals surface area contributed by atoms with Crippen molar-refractivity contribution in [3.63, 3.8) is 0 Å². The van der Waals surface area contributed by atoms with Gasteiger partial charge in [0.05, 0.1) is 17.4 Å². The average molecular weight is 220 g/mol. The normalized spacial score (nSPS) is 12.4. The van der Waals surface area contributed by atoms with Gasteiger partial charge in [-0.1, -0.05) is 0 Å². The first-order chi connectivity index (χ1) is 7.66. The van der Waals surface area contributed by atoms with E-state index in [1.54, 1.807) is 18.5 Å². The van der Waals surface area contributed by atoms with Crippen molar-refractivity contribution < 1.29 is 4.39 Å². The number of aromatic nitrogens is 2. The zero-order valence-electron chi connectivity index (χ0n) is 8.87. The van der Waals surface area contributed by atoms with E-state index in [4.69, 9.17) is 5.73 Å². The Hall–Kier alpha value is -2.04. The van der Waals surface area contributed by atoms with E-state index in [9.17, 15) is 4.39 Å². The second kappa shape index (κ2) is 4.22. The molecule has 1 atom stereocenters. The molecular formula is C11H13FN4. The summed E-state index contributed by atoms with van der Waals surface area (Å²) in [4.78, 5) is 7.13. The Labute approximate surface area is 92.7 Å². The Morgan fingerprint density at radius 2 is 2.31 bits per heavy atom. The summed E-state index contributed by atoms with van der Waals surface area (Å²) in [6.45, 7) is 1.95. The molecule has 1 aromatic heterocycles. The van der Waals surface area contributed by atoms with E-state index in [0.717, 1.165) is 5.82 Å². The lowest BCUT2D eigenvalue weighted by Crippen LogP contribution is -2.09. The monoisotopic (exact) mass is 220 g/mol. The van der Waals surface area contributed by atoms with Crippen molar-refractivity contribution in [3.05, 3.63) is 42.2 Å². The fourth-order valence-corrected chi connectivity index (χ4v) is 1.48. The van der Waals surface area contributed by atoms with Crippen LogP contribution >= 0.6 is 0 Å². The lowest BCUT2D eigenvalue weighted by atomic mass is 10.2. The molecule has 0 saturated carbocycles. The van der Waals surface area contributed by atoms with Gasteiger partial charge in [-0.3, -0.25) is 0 Å². The number of aromatic amines is 1. The summed E-state index contributed by atoms with van der Waals surface area (Å²) >= 11 is 0. The number of imidazole rings is 1. The molecule has 0 amide bonds. The van der Waals surface area contributed by atoms with Crippen LogP contribution in [0.2, 0.25) is 0 Å². The van der Waals surface area contributed by atoms with Crippen LogP contribution in [-0.2, 0) is 0 Å². The maximum Gasteiger partial charge on any atom is 0.128 e.